The van der Waals surface area contributed by atoms with Crippen LogP contribution >= 0.6 is 0 Å². The van der Waals surface area contributed by atoms with Gasteiger partial charge in [0.1, 0.15) is 0 Å². The molecule has 0 aliphatic carbocycles. The van der Waals surface area contributed by atoms with Gasteiger partial charge in [-0.3, -0.25) is 4.90 Å². The molecule has 2 heterocycles. The van der Waals surface area contributed by atoms with Crippen LogP contribution in [0.25, 0.3) is 0 Å². The number of likely N-dealkylation sites (tertiary alicyclic amines) is 1. The molecule has 2 saturated heterocycles. The molecule has 21 heavy (non-hydrogen) atoms. The van der Waals surface area contributed by atoms with Crippen LogP contribution in [0.3, 0.4) is 0 Å². The zero-order chi connectivity index (χ0) is 15.7. The summed E-state index contributed by atoms with van der Waals surface area (Å²) >= 11 is 0. The van der Waals surface area contributed by atoms with Gasteiger partial charge in [0.25, 0.3) is 0 Å². The quantitative estimate of drug-likeness (QED) is 0.854. The third kappa shape index (κ3) is 7.30. The minimum atomic E-state index is 0.875. The average Bonchev–Trinajstić information content (AvgIpc) is 2.50. The van der Waals surface area contributed by atoms with Crippen LogP contribution in [-0.4, -0.2) is 80.7 Å². The number of hydrogen-bond acceptors (Lipinski definition) is 4. The minimum Gasteiger partial charge on any atom is -0.392 e. The van der Waals surface area contributed by atoms with E-state index in [1.807, 2.05) is 14.0 Å². The highest BCUT2D eigenvalue weighted by molar-refractivity contribution is 4.82. The molecule has 0 atom stereocenters. The molecule has 0 saturated carbocycles. The fourth-order valence-electron chi connectivity index (χ4n) is 3.03. The first-order valence-electron chi connectivity index (χ1n) is 8.55. The largest absolute Gasteiger partial charge is 0.392 e. The molecular weight excluding hydrogens is 260 g/mol. The summed E-state index contributed by atoms with van der Waals surface area (Å²) in [6.45, 7) is 16.8. The van der Waals surface area contributed by atoms with Crippen LogP contribution < -0.4 is 5.32 Å². The molecule has 0 spiro atoms. The number of piperazine rings is 1. The maximum absolute atomic E-state index is 3.56. The topological polar surface area (TPSA) is 21.8 Å². The van der Waals surface area contributed by atoms with Gasteiger partial charge < -0.3 is 15.1 Å². The maximum atomic E-state index is 3.56. The van der Waals surface area contributed by atoms with E-state index in [0.717, 1.165) is 11.7 Å². The van der Waals surface area contributed by atoms with Crippen molar-refractivity contribution in [2.75, 3.05) is 59.9 Å². The van der Waals surface area contributed by atoms with Crippen molar-refractivity contribution >= 4 is 0 Å². The summed E-state index contributed by atoms with van der Waals surface area (Å²) in [7, 11) is 4.09. The first kappa shape index (κ1) is 18.5. The van der Waals surface area contributed by atoms with E-state index < -0.39 is 0 Å². The normalized spacial score (nSPS) is 22.5. The third-order valence-electron chi connectivity index (χ3n) is 4.58. The molecule has 0 radical (unpaired) electrons. The lowest BCUT2D eigenvalue weighted by Gasteiger charge is -2.42. The zero-order valence-electron chi connectivity index (χ0n) is 14.7. The predicted octanol–water partition coefficient (Wildman–Crippen LogP) is 1.85. The SMILES string of the molecule is C=C(C)NC.CCCN1CCN(C2CCN(C)CC2)CC1. The summed E-state index contributed by atoms with van der Waals surface area (Å²) < 4.78 is 0. The van der Waals surface area contributed by atoms with Crippen LogP contribution in [0.1, 0.15) is 33.1 Å². The zero-order valence-corrected chi connectivity index (χ0v) is 14.7. The maximum Gasteiger partial charge on any atom is 0.0121 e. The molecule has 0 amide bonds. The molecule has 2 rings (SSSR count). The Bertz CT molecular complexity index is 277. The highest BCUT2D eigenvalue weighted by atomic mass is 15.3. The van der Waals surface area contributed by atoms with Gasteiger partial charge in [-0.1, -0.05) is 13.5 Å². The second-order valence-corrected chi connectivity index (χ2v) is 6.44. The van der Waals surface area contributed by atoms with E-state index in [-0.39, 0.29) is 0 Å². The van der Waals surface area contributed by atoms with Crippen LogP contribution in [0, 0.1) is 0 Å². The van der Waals surface area contributed by atoms with Crippen molar-refractivity contribution in [3.63, 3.8) is 0 Å². The smallest absolute Gasteiger partial charge is 0.0121 e. The van der Waals surface area contributed by atoms with Gasteiger partial charge in [-0.2, -0.15) is 0 Å². The van der Waals surface area contributed by atoms with Crippen molar-refractivity contribution in [2.45, 2.75) is 39.2 Å². The van der Waals surface area contributed by atoms with Crippen LogP contribution in [0.4, 0.5) is 0 Å². The van der Waals surface area contributed by atoms with E-state index in [1.165, 1.54) is 65.1 Å². The van der Waals surface area contributed by atoms with Crippen LogP contribution in [0.5, 0.6) is 0 Å². The van der Waals surface area contributed by atoms with Gasteiger partial charge >= 0.3 is 0 Å². The van der Waals surface area contributed by atoms with Gasteiger partial charge in [-0.25, -0.2) is 0 Å². The van der Waals surface area contributed by atoms with E-state index >= 15 is 0 Å². The van der Waals surface area contributed by atoms with Crippen molar-refractivity contribution < 1.29 is 0 Å². The monoisotopic (exact) mass is 296 g/mol. The molecule has 0 unspecified atom stereocenters. The lowest BCUT2D eigenvalue weighted by molar-refractivity contribution is 0.0648. The van der Waals surface area contributed by atoms with Crippen molar-refractivity contribution in [2.24, 2.45) is 0 Å². The van der Waals surface area contributed by atoms with Crippen molar-refractivity contribution in [3.05, 3.63) is 12.3 Å². The Morgan fingerprint density at radius 1 is 1.10 bits per heavy atom. The summed E-state index contributed by atoms with van der Waals surface area (Å²) in [6, 6.07) is 0.875. The molecule has 1 N–H and O–H groups in total. The van der Waals surface area contributed by atoms with Crippen molar-refractivity contribution in [1.29, 1.82) is 0 Å². The number of nitrogens with one attached hydrogen (secondary N) is 1. The predicted molar refractivity (Wildman–Crippen MR) is 92.7 cm³/mol. The Morgan fingerprint density at radius 3 is 2.05 bits per heavy atom. The van der Waals surface area contributed by atoms with Crippen molar-refractivity contribution in [1.82, 2.24) is 20.0 Å². The molecule has 0 bridgehead atoms. The second-order valence-electron chi connectivity index (χ2n) is 6.44. The Labute approximate surface area is 132 Å². The third-order valence-corrected chi connectivity index (χ3v) is 4.58. The summed E-state index contributed by atoms with van der Waals surface area (Å²) in [4.78, 5) is 7.81. The molecule has 124 valence electrons. The highest BCUT2D eigenvalue weighted by Crippen LogP contribution is 2.17. The summed E-state index contributed by atoms with van der Waals surface area (Å²) in [6.07, 6.45) is 4.06. The molecule has 4 nitrogen and oxygen atoms in total. The average molecular weight is 297 g/mol. The molecule has 4 heteroatoms. The van der Waals surface area contributed by atoms with E-state index in [9.17, 15) is 0 Å². The molecule has 2 aliphatic rings. The fourth-order valence-corrected chi connectivity index (χ4v) is 3.03. The van der Waals surface area contributed by atoms with Gasteiger partial charge in [0.15, 0.2) is 0 Å². The standard InChI is InChI=1S/C13H27N3.C4H9N/c1-3-6-15-9-11-16(12-10-15)13-4-7-14(2)8-5-13;1-4(2)5-3/h13H,3-12H2,1-2H3;5H,1H2,2-3H3. The van der Waals surface area contributed by atoms with E-state index in [4.69, 9.17) is 0 Å². The highest BCUT2D eigenvalue weighted by Gasteiger charge is 2.25. The number of rotatable bonds is 4. The Morgan fingerprint density at radius 2 is 1.62 bits per heavy atom. The fraction of sp³-hybridized carbons (Fsp3) is 0.882. The first-order valence-corrected chi connectivity index (χ1v) is 8.55. The van der Waals surface area contributed by atoms with Crippen LogP contribution in [0.15, 0.2) is 12.3 Å². The van der Waals surface area contributed by atoms with Gasteiger partial charge in [0.05, 0.1) is 0 Å². The van der Waals surface area contributed by atoms with E-state index in [1.54, 1.807) is 0 Å². The Kier molecular flexibility index (Phi) is 8.97. The molecule has 2 fully saturated rings. The summed E-state index contributed by atoms with van der Waals surface area (Å²) in [5.74, 6) is 0. The van der Waals surface area contributed by atoms with Gasteiger partial charge in [-0.15, -0.1) is 0 Å². The summed E-state index contributed by atoms with van der Waals surface area (Å²) in [5.41, 5.74) is 1.00. The van der Waals surface area contributed by atoms with Crippen LogP contribution in [0.2, 0.25) is 0 Å². The number of hydrogen-bond donors (Lipinski definition) is 1. The Hall–Kier alpha value is -0.580. The lowest BCUT2D eigenvalue weighted by Crippen LogP contribution is -2.52. The van der Waals surface area contributed by atoms with E-state index in [0.29, 0.717) is 0 Å². The van der Waals surface area contributed by atoms with Crippen LogP contribution in [-0.2, 0) is 0 Å². The minimum absolute atomic E-state index is 0.875. The molecule has 0 aromatic heterocycles. The molecule has 0 aromatic carbocycles. The molecule has 0 aromatic rings. The summed E-state index contributed by atoms with van der Waals surface area (Å²) in [5, 5.41) is 2.83. The lowest BCUT2D eigenvalue weighted by atomic mass is 10.0. The van der Waals surface area contributed by atoms with Crippen molar-refractivity contribution in [3.8, 4) is 0 Å². The number of allylic oxidation sites excluding steroid dienone is 1. The number of piperidine rings is 1. The first-order chi connectivity index (χ1) is 10.1. The van der Waals surface area contributed by atoms with Gasteiger partial charge in [0, 0.05) is 39.3 Å². The molecule has 2 aliphatic heterocycles. The van der Waals surface area contributed by atoms with Gasteiger partial charge in [0.2, 0.25) is 0 Å². The molecular formula is C17H36N4. The van der Waals surface area contributed by atoms with Gasteiger partial charge in [-0.05, 0) is 58.6 Å². The second kappa shape index (κ2) is 10.2. The number of nitrogens with zero attached hydrogens (tertiary/aromatic N) is 3. The Balaban J connectivity index is 0.000000383. The van der Waals surface area contributed by atoms with E-state index in [2.05, 4.69) is 40.6 Å².